The third-order valence-electron chi connectivity index (χ3n) is 2.88. The molecule has 1 aliphatic heterocycles. The van der Waals surface area contributed by atoms with E-state index in [9.17, 15) is 4.79 Å². The molecule has 1 aliphatic rings. The maximum Gasteiger partial charge on any atom is 0.227 e. The Bertz CT molecular complexity index is 383. The molecule has 0 saturated carbocycles. The fourth-order valence-corrected chi connectivity index (χ4v) is 2.89. The molecule has 5 heteroatoms. The van der Waals surface area contributed by atoms with Crippen molar-refractivity contribution in [3.05, 3.63) is 15.6 Å². The number of amides is 1. The van der Waals surface area contributed by atoms with Gasteiger partial charge in [-0.25, -0.2) is 4.98 Å². The van der Waals surface area contributed by atoms with E-state index in [0.29, 0.717) is 13.0 Å². The molecule has 0 aliphatic carbocycles. The Morgan fingerprint density at radius 3 is 2.75 bits per heavy atom. The first-order valence-corrected chi connectivity index (χ1v) is 6.45. The number of hydrogen-bond donors (Lipinski definition) is 1. The predicted octanol–water partition coefficient (Wildman–Crippen LogP) is 1.08. The van der Waals surface area contributed by atoms with E-state index in [-0.39, 0.29) is 5.91 Å². The maximum absolute atomic E-state index is 11.9. The monoisotopic (exact) mass is 239 g/mol. The normalized spacial score (nSPS) is 15.8. The average molecular weight is 239 g/mol. The molecule has 4 nitrogen and oxygen atoms in total. The summed E-state index contributed by atoms with van der Waals surface area (Å²) in [5.41, 5.74) is 6.49. The average Bonchev–Trinajstić information content (AvgIpc) is 2.88. The van der Waals surface area contributed by atoms with Crippen molar-refractivity contribution in [2.75, 3.05) is 13.1 Å². The number of aryl methyl sites for hydroxylation is 1. The van der Waals surface area contributed by atoms with Crippen LogP contribution in [0.3, 0.4) is 0 Å². The molecular weight excluding hydrogens is 222 g/mol. The van der Waals surface area contributed by atoms with Crippen LogP contribution in [-0.2, 0) is 17.8 Å². The zero-order valence-electron chi connectivity index (χ0n) is 9.53. The van der Waals surface area contributed by atoms with Crippen LogP contribution in [-0.4, -0.2) is 28.9 Å². The van der Waals surface area contributed by atoms with E-state index in [4.69, 9.17) is 5.73 Å². The summed E-state index contributed by atoms with van der Waals surface area (Å²) in [5, 5.41) is 0.918. The topological polar surface area (TPSA) is 59.2 Å². The highest BCUT2D eigenvalue weighted by molar-refractivity contribution is 7.11. The Hall–Kier alpha value is -0.940. The van der Waals surface area contributed by atoms with Crippen molar-refractivity contribution in [3.8, 4) is 0 Å². The summed E-state index contributed by atoms with van der Waals surface area (Å²) < 4.78 is 0. The lowest BCUT2D eigenvalue weighted by molar-refractivity contribution is -0.129. The molecule has 1 aromatic rings. The molecule has 2 rings (SSSR count). The van der Waals surface area contributed by atoms with Gasteiger partial charge in [0, 0.05) is 24.5 Å². The van der Waals surface area contributed by atoms with Crippen LogP contribution in [0.25, 0.3) is 0 Å². The van der Waals surface area contributed by atoms with E-state index in [2.05, 4.69) is 4.98 Å². The first-order chi connectivity index (χ1) is 7.70. The molecule has 0 radical (unpaired) electrons. The van der Waals surface area contributed by atoms with Gasteiger partial charge >= 0.3 is 0 Å². The summed E-state index contributed by atoms with van der Waals surface area (Å²) in [6, 6.07) is 0. The van der Waals surface area contributed by atoms with Crippen LogP contribution in [0.2, 0.25) is 0 Å². The number of nitrogens with zero attached hydrogens (tertiary/aromatic N) is 2. The number of rotatable bonds is 3. The molecule has 1 saturated heterocycles. The lowest BCUT2D eigenvalue weighted by atomic mass is 10.3. The summed E-state index contributed by atoms with van der Waals surface area (Å²) >= 11 is 1.56. The van der Waals surface area contributed by atoms with Crippen molar-refractivity contribution in [3.63, 3.8) is 0 Å². The van der Waals surface area contributed by atoms with Crippen LogP contribution >= 0.6 is 11.3 Å². The van der Waals surface area contributed by atoms with Gasteiger partial charge in [0.25, 0.3) is 0 Å². The van der Waals surface area contributed by atoms with Crippen LogP contribution in [0.4, 0.5) is 0 Å². The summed E-state index contributed by atoms with van der Waals surface area (Å²) in [5.74, 6) is 0.229. The fraction of sp³-hybridized carbons (Fsp3) is 0.636. The molecule has 2 N–H and O–H groups in total. The molecule has 0 unspecified atom stereocenters. The first kappa shape index (κ1) is 11.5. The van der Waals surface area contributed by atoms with Crippen molar-refractivity contribution < 1.29 is 4.79 Å². The molecule has 0 atom stereocenters. The van der Waals surface area contributed by atoms with E-state index in [0.717, 1.165) is 41.5 Å². The summed E-state index contributed by atoms with van der Waals surface area (Å²) in [6.07, 6.45) is 2.77. The van der Waals surface area contributed by atoms with Crippen LogP contribution in [0.15, 0.2) is 0 Å². The molecule has 2 heterocycles. The van der Waals surface area contributed by atoms with Gasteiger partial charge in [-0.2, -0.15) is 0 Å². The van der Waals surface area contributed by atoms with E-state index in [1.807, 2.05) is 11.8 Å². The van der Waals surface area contributed by atoms with E-state index >= 15 is 0 Å². The van der Waals surface area contributed by atoms with Crippen molar-refractivity contribution in [2.24, 2.45) is 5.73 Å². The van der Waals surface area contributed by atoms with Crippen LogP contribution in [0.1, 0.15) is 28.4 Å². The zero-order valence-corrected chi connectivity index (χ0v) is 10.3. The first-order valence-electron chi connectivity index (χ1n) is 5.63. The fourth-order valence-electron chi connectivity index (χ4n) is 1.96. The Balaban J connectivity index is 2.02. The Morgan fingerprint density at radius 2 is 2.19 bits per heavy atom. The van der Waals surface area contributed by atoms with Gasteiger partial charge in [-0.1, -0.05) is 0 Å². The summed E-state index contributed by atoms with van der Waals surface area (Å²) in [4.78, 5) is 19.3. The van der Waals surface area contributed by atoms with Gasteiger partial charge in [0.1, 0.15) is 5.01 Å². The lowest BCUT2D eigenvalue weighted by Crippen LogP contribution is -2.28. The Morgan fingerprint density at radius 1 is 1.50 bits per heavy atom. The molecule has 88 valence electrons. The van der Waals surface area contributed by atoms with Gasteiger partial charge < -0.3 is 10.6 Å². The summed E-state index contributed by atoms with van der Waals surface area (Å²) in [7, 11) is 0. The minimum absolute atomic E-state index is 0.229. The molecule has 1 aromatic heterocycles. The Kier molecular flexibility index (Phi) is 3.56. The molecule has 1 fully saturated rings. The second kappa shape index (κ2) is 4.93. The third kappa shape index (κ3) is 2.41. The standard InChI is InChI=1S/C11H17N3OS/c1-8-9(16-10(7-12)13-8)6-11(15)14-4-2-3-5-14/h2-7,12H2,1H3. The molecule has 0 bridgehead atoms. The van der Waals surface area contributed by atoms with E-state index in [1.54, 1.807) is 11.3 Å². The SMILES string of the molecule is Cc1nc(CN)sc1CC(=O)N1CCCC1. The second-order valence-corrected chi connectivity index (χ2v) is 5.25. The van der Waals surface area contributed by atoms with E-state index < -0.39 is 0 Å². The minimum atomic E-state index is 0.229. The van der Waals surface area contributed by atoms with Crippen molar-refractivity contribution in [1.29, 1.82) is 0 Å². The van der Waals surface area contributed by atoms with Gasteiger partial charge in [0.2, 0.25) is 5.91 Å². The van der Waals surface area contributed by atoms with Crippen LogP contribution in [0, 0.1) is 6.92 Å². The smallest absolute Gasteiger partial charge is 0.227 e. The molecular formula is C11H17N3OS. The highest BCUT2D eigenvalue weighted by Crippen LogP contribution is 2.20. The predicted molar refractivity (Wildman–Crippen MR) is 64.3 cm³/mol. The highest BCUT2D eigenvalue weighted by Gasteiger charge is 2.19. The molecule has 0 aromatic carbocycles. The minimum Gasteiger partial charge on any atom is -0.342 e. The van der Waals surface area contributed by atoms with Crippen molar-refractivity contribution in [2.45, 2.75) is 32.7 Å². The quantitative estimate of drug-likeness (QED) is 0.858. The zero-order chi connectivity index (χ0) is 11.5. The number of carbonyl (C=O) groups excluding carboxylic acids is 1. The number of aromatic nitrogens is 1. The van der Waals surface area contributed by atoms with Crippen molar-refractivity contribution >= 4 is 17.2 Å². The van der Waals surface area contributed by atoms with Gasteiger partial charge in [0.15, 0.2) is 0 Å². The van der Waals surface area contributed by atoms with Crippen LogP contribution < -0.4 is 5.73 Å². The largest absolute Gasteiger partial charge is 0.342 e. The van der Waals surface area contributed by atoms with E-state index in [1.165, 1.54) is 0 Å². The van der Waals surface area contributed by atoms with Crippen molar-refractivity contribution in [1.82, 2.24) is 9.88 Å². The van der Waals surface area contributed by atoms with Gasteiger partial charge in [-0.05, 0) is 19.8 Å². The number of nitrogens with two attached hydrogens (primary N) is 1. The molecule has 1 amide bonds. The number of likely N-dealkylation sites (tertiary alicyclic amines) is 1. The van der Waals surface area contributed by atoms with Gasteiger partial charge in [0.05, 0.1) is 12.1 Å². The summed E-state index contributed by atoms with van der Waals surface area (Å²) in [6.45, 7) is 4.24. The number of hydrogen-bond acceptors (Lipinski definition) is 4. The van der Waals surface area contributed by atoms with Gasteiger partial charge in [-0.15, -0.1) is 11.3 Å². The molecule has 16 heavy (non-hydrogen) atoms. The molecule has 0 spiro atoms. The van der Waals surface area contributed by atoms with Crippen LogP contribution in [0.5, 0.6) is 0 Å². The maximum atomic E-state index is 11.9. The number of carbonyl (C=O) groups is 1. The lowest BCUT2D eigenvalue weighted by Gasteiger charge is -2.14. The third-order valence-corrected chi connectivity index (χ3v) is 4.06. The van der Waals surface area contributed by atoms with Gasteiger partial charge in [-0.3, -0.25) is 4.79 Å². The Labute approximate surface area is 99.5 Å². The highest BCUT2D eigenvalue weighted by atomic mass is 32.1. The number of thiazole rings is 1. The second-order valence-electron chi connectivity index (χ2n) is 4.08.